The van der Waals surface area contributed by atoms with E-state index in [-0.39, 0.29) is 5.56 Å². The van der Waals surface area contributed by atoms with Gasteiger partial charge in [0, 0.05) is 19.7 Å². The molecule has 0 aromatic carbocycles. The Hall–Kier alpha value is -0.920. The third-order valence-electron chi connectivity index (χ3n) is 3.55. The second-order valence-corrected chi connectivity index (χ2v) is 6.35. The molecule has 2 rings (SSSR count). The van der Waals surface area contributed by atoms with Crippen LogP contribution in [-0.4, -0.2) is 54.6 Å². The third-order valence-corrected chi connectivity index (χ3v) is 4.32. The summed E-state index contributed by atoms with van der Waals surface area (Å²) in [6.45, 7) is 3.02. The molecule has 0 spiro atoms. The molecule has 1 saturated heterocycles. The van der Waals surface area contributed by atoms with Gasteiger partial charge in [-0.2, -0.15) is 5.10 Å². The number of hydrogen-bond donors (Lipinski definition) is 1. The molecule has 21 heavy (non-hydrogen) atoms. The summed E-state index contributed by atoms with van der Waals surface area (Å²) in [7, 11) is 3.95. The molecule has 6 nitrogen and oxygen atoms in total. The molecule has 7 heteroatoms. The second-order valence-electron chi connectivity index (χ2n) is 5.55. The Morgan fingerprint density at radius 2 is 2.38 bits per heavy atom. The summed E-state index contributed by atoms with van der Waals surface area (Å²) in [4.78, 5) is 14.2. The van der Waals surface area contributed by atoms with Crippen molar-refractivity contribution in [2.45, 2.75) is 31.9 Å². The Morgan fingerprint density at radius 3 is 3.05 bits per heavy atom. The molecule has 1 aromatic heterocycles. The lowest BCUT2D eigenvalue weighted by atomic mass is 10.2. The first-order valence-electron chi connectivity index (χ1n) is 7.33. The van der Waals surface area contributed by atoms with Crippen molar-refractivity contribution in [1.29, 1.82) is 0 Å². The minimum absolute atomic E-state index is 0.0982. The minimum atomic E-state index is -0.0982. The highest BCUT2D eigenvalue weighted by molar-refractivity contribution is 9.10. The molecule has 0 radical (unpaired) electrons. The van der Waals surface area contributed by atoms with Crippen LogP contribution >= 0.6 is 15.9 Å². The number of anilines is 1. The fourth-order valence-corrected chi connectivity index (χ4v) is 2.73. The standard InChI is InChI=1S/C14H23BrN4O2/c1-18(2)7-8-19-14(20)13(15)12(10-17-19)16-6-5-11-4-3-9-21-11/h10-11,16H,3-9H2,1-2H3. The fraction of sp³-hybridized carbons (Fsp3) is 0.714. The lowest BCUT2D eigenvalue weighted by molar-refractivity contribution is 0.107. The van der Waals surface area contributed by atoms with Gasteiger partial charge in [0.05, 0.1) is 24.5 Å². The largest absolute Gasteiger partial charge is 0.383 e. The number of rotatable bonds is 7. The molecule has 2 heterocycles. The smallest absolute Gasteiger partial charge is 0.283 e. The number of ether oxygens (including phenoxy) is 1. The summed E-state index contributed by atoms with van der Waals surface area (Å²) in [5, 5.41) is 7.47. The van der Waals surface area contributed by atoms with Gasteiger partial charge in [-0.1, -0.05) is 0 Å². The summed E-state index contributed by atoms with van der Waals surface area (Å²) < 4.78 is 7.61. The number of nitrogens with zero attached hydrogens (tertiary/aromatic N) is 3. The van der Waals surface area contributed by atoms with Crippen LogP contribution in [-0.2, 0) is 11.3 Å². The van der Waals surface area contributed by atoms with Crippen molar-refractivity contribution in [3.8, 4) is 0 Å². The lowest BCUT2D eigenvalue weighted by Crippen LogP contribution is -2.29. The van der Waals surface area contributed by atoms with Gasteiger partial charge in [-0.05, 0) is 49.3 Å². The fourth-order valence-electron chi connectivity index (χ4n) is 2.28. The molecule has 0 bridgehead atoms. The maximum atomic E-state index is 12.2. The normalized spacial score (nSPS) is 18.4. The van der Waals surface area contributed by atoms with E-state index < -0.39 is 0 Å². The average Bonchev–Trinajstić information content (AvgIpc) is 2.95. The first-order chi connectivity index (χ1) is 10.1. The van der Waals surface area contributed by atoms with E-state index in [4.69, 9.17) is 4.74 Å². The van der Waals surface area contributed by atoms with Crippen LogP contribution in [0, 0.1) is 0 Å². The zero-order valence-corrected chi connectivity index (χ0v) is 14.2. The predicted molar refractivity (Wildman–Crippen MR) is 86.8 cm³/mol. The van der Waals surface area contributed by atoms with Crippen molar-refractivity contribution in [1.82, 2.24) is 14.7 Å². The SMILES string of the molecule is CN(C)CCn1ncc(NCCC2CCCO2)c(Br)c1=O. The topological polar surface area (TPSA) is 59.4 Å². The van der Waals surface area contributed by atoms with Gasteiger partial charge in [-0.3, -0.25) is 4.79 Å². The van der Waals surface area contributed by atoms with Gasteiger partial charge in [-0.15, -0.1) is 0 Å². The van der Waals surface area contributed by atoms with Crippen LogP contribution in [0.1, 0.15) is 19.3 Å². The minimum Gasteiger partial charge on any atom is -0.383 e. The van der Waals surface area contributed by atoms with Crippen molar-refractivity contribution in [3.63, 3.8) is 0 Å². The van der Waals surface area contributed by atoms with Crippen LogP contribution in [0.15, 0.2) is 15.5 Å². The van der Waals surface area contributed by atoms with Crippen LogP contribution in [0.5, 0.6) is 0 Å². The number of nitrogens with one attached hydrogen (secondary N) is 1. The number of halogens is 1. The summed E-state index contributed by atoms with van der Waals surface area (Å²) in [6, 6.07) is 0. The zero-order valence-electron chi connectivity index (χ0n) is 12.6. The molecule has 1 N–H and O–H groups in total. The van der Waals surface area contributed by atoms with Gasteiger partial charge < -0.3 is 15.0 Å². The van der Waals surface area contributed by atoms with Crippen LogP contribution in [0.3, 0.4) is 0 Å². The Morgan fingerprint density at radius 1 is 1.57 bits per heavy atom. The van der Waals surface area contributed by atoms with Crippen molar-refractivity contribution in [2.24, 2.45) is 0 Å². The van der Waals surface area contributed by atoms with Crippen LogP contribution in [0.25, 0.3) is 0 Å². The van der Waals surface area contributed by atoms with Crippen molar-refractivity contribution in [2.75, 3.05) is 39.1 Å². The van der Waals surface area contributed by atoms with E-state index in [9.17, 15) is 4.79 Å². The maximum Gasteiger partial charge on any atom is 0.283 e. The second kappa shape index (κ2) is 7.91. The predicted octanol–water partition coefficient (Wildman–Crippen LogP) is 1.55. The molecule has 1 unspecified atom stereocenters. The molecule has 1 atom stereocenters. The number of hydrogen-bond acceptors (Lipinski definition) is 5. The Balaban J connectivity index is 1.91. The first-order valence-corrected chi connectivity index (χ1v) is 8.13. The van der Waals surface area contributed by atoms with Gasteiger partial charge >= 0.3 is 0 Å². The average molecular weight is 359 g/mol. The van der Waals surface area contributed by atoms with Crippen molar-refractivity contribution in [3.05, 3.63) is 21.0 Å². The van der Waals surface area contributed by atoms with E-state index >= 15 is 0 Å². The molecule has 118 valence electrons. The summed E-state index contributed by atoms with van der Waals surface area (Å²) in [6.07, 6.45) is 5.29. The molecular weight excluding hydrogens is 336 g/mol. The molecule has 1 fully saturated rings. The zero-order chi connectivity index (χ0) is 15.2. The maximum absolute atomic E-state index is 12.2. The Bertz CT molecular complexity index is 512. The number of aromatic nitrogens is 2. The summed E-state index contributed by atoms with van der Waals surface area (Å²) in [5.41, 5.74) is 0.651. The van der Waals surface area contributed by atoms with Gasteiger partial charge in [-0.25, -0.2) is 4.68 Å². The van der Waals surface area contributed by atoms with E-state index in [2.05, 4.69) is 26.3 Å². The highest BCUT2D eigenvalue weighted by Gasteiger charge is 2.15. The highest BCUT2D eigenvalue weighted by Crippen LogP contribution is 2.18. The summed E-state index contributed by atoms with van der Waals surface area (Å²) in [5.74, 6) is 0. The number of likely N-dealkylation sites (N-methyl/N-ethyl adjacent to an activating group) is 1. The monoisotopic (exact) mass is 358 g/mol. The van der Waals surface area contributed by atoms with Crippen LogP contribution in [0.2, 0.25) is 0 Å². The molecular formula is C14H23BrN4O2. The third kappa shape index (κ3) is 4.79. The Kier molecular flexibility index (Phi) is 6.20. The molecule has 1 aliphatic rings. The van der Waals surface area contributed by atoms with Gasteiger partial charge in [0.15, 0.2) is 0 Å². The summed E-state index contributed by atoms with van der Waals surface area (Å²) >= 11 is 3.37. The van der Waals surface area contributed by atoms with E-state index in [1.165, 1.54) is 4.68 Å². The Labute approximate surface area is 133 Å². The molecule has 0 saturated carbocycles. The van der Waals surface area contributed by atoms with Crippen molar-refractivity contribution < 1.29 is 4.74 Å². The van der Waals surface area contributed by atoms with E-state index in [1.54, 1.807) is 6.20 Å². The van der Waals surface area contributed by atoms with E-state index in [0.717, 1.165) is 44.6 Å². The van der Waals surface area contributed by atoms with Gasteiger partial charge in [0.25, 0.3) is 5.56 Å². The quantitative estimate of drug-likeness (QED) is 0.801. The van der Waals surface area contributed by atoms with Crippen molar-refractivity contribution >= 4 is 21.6 Å². The molecule has 1 aliphatic heterocycles. The highest BCUT2D eigenvalue weighted by atomic mass is 79.9. The van der Waals surface area contributed by atoms with E-state index in [1.807, 2.05) is 19.0 Å². The van der Waals surface area contributed by atoms with Gasteiger partial charge in [0.1, 0.15) is 4.47 Å². The molecule has 0 amide bonds. The van der Waals surface area contributed by atoms with Crippen LogP contribution < -0.4 is 10.9 Å². The molecule has 1 aromatic rings. The lowest BCUT2D eigenvalue weighted by Gasteiger charge is -2.14. The van der Waals surface area contributed by atoms with Gasteiger partial charge in [0.2, 0.25) is 0 Å². The van der Waals surface area contributed by atoms with Crippen LogP contribution in [0.4, 0.5) is 5.69 Å². The molecule has 0 aliphatic carbocycles. The first kappa shape index (κ1) is 16.5. The van der Waals surface area contributed by atoms with E-state index in [0.29, 0.717) is 17.1 Å².